The molecule has 0 atom stereocenters. The van der Waals surface area contributed by atoms with E-state index in [4.69, 9.17) is 12.2 Å². The van der Waals surface area contributed by atoms with Gasteiger partial charge < -0.3 is 4.57 Å². The van der Waals surface area contributed by atoms with E-state index in [1.165, 1.54) is 11.5 Å². The third-order valence-electron chi connectivity index (χ3n) is 2.09. The Morgan fingerprint density at radius 1 is 1.41 bits per heavy atom. The van der Waals surface area contributed by atoms with Gasteiger partial charge in [-0.15, -0.1) is 11.3 Å². The van der Waals surface area contributed by atoms with Crippen LogP contribution in [0.1, 0.15) is 10.7 Å². The van der Waals surface area contributed by atoms with Gasteiger partial charge in [-0.2, -0.15) is 18.3 Å². The number of nitrogens with one attached hydrogen (secondary N) is 1. The van der Waals surface area contributed by atoms with Crippen molar-refractivity contribution in [2.45, 2.75) is 13.1 Å². The Hall–Kier alpha value is -1.22. The average molecular weight is 280 g/mol. The molecular formula is C8H7F3N4S2. The number of rotatable bonds is 1. The van der Waals surface area contributed by atoms with Crippen molar-refractivity contribution in [3.63, 3.8) is 0 Å². The van der Waals surface area contributed by atoms with Gasteiger partial charge >= 0.3 is 6.18 Å². The SMILES string of the molecule is Cc1nc(C(F)(F)F)c(-c2n[nH]c(=S)n2C)s1. The number of thiazole rings is 1. The van der Waals surface area contributed by atoms with E-state index in [1.54, 1.807) is 7.05 Å². The third-order valence-corrected chi connectivity index (χ3v) is 3.42. The molecule has 0 fully saturated rings. The van der Waals surface area contributed by atoms with Crippen LogP contribution in [0, 0.1) is 11.7 Å². The molecule has 9 heteroatoms. The fourth-order valence-electron chi connectivity index (χ4n) is 1.32. The van der Waals surface area contributed by atoms with Gasteiger partial charge in [0.25, 0.3) is 0 Å². The molecule has 1 N–H and O–H groups in total. The van der Waals surface area contributed by atoms with Gasteiger partial charge in [0.05, 0.1) is 5.01 Å². The van der Waals surface area contributed by atoms with E-state index in [2.05, 4.69) is 15.2 Å². The maximum Gasteiger partial charge on any atom is 0.434 e. The molecule has 92 valence electrons. The topological polar surface area (TPSA) is 46.5 Å². The van der Waals surface area contributed by atoms with Crippen LogP contribution in [0.25, 0.3) is 10.7 Å². The molecule has 0 radical (unpaired) electrons. The lowest BCUT2D eigenvalue weighted by Crippen LogP contribution is -2.08. The van der Waals surface area contributed by atoms with E-state index in [0.717, 1.165) is 11.3 Å². The summed E-state index contributed by atoms with van der Waals surface area (Å²) in [6, 6.07) is 0. The predicted octanol–water partition coefficient (Wildman–Crippen LogP) is 2.93. The van der Waals surface area contributed by atoms with Crippen LogP contribution in [0.2, 0.25) is 0 Å². The molecule has 0 aromatic carbocycles. The summed E-state index contributed by atoms with van der Waals surface area (Å²) in [4.78, 5) is 3.48. The number of aryl methyl sites for hydroxylation is 1. The number of H-pyrrole nitrogens is 1. The maximum absolute atomic E-state index is 12.8. The summed E-state index contributed by atoms with van der Waals surface area (Å²) < 4.78 is 39.9. The van der Waals surface area contributed by atoms with Gasteiger partial charge in [0.2, 0.25) is 0 Å². The molecule has 2 aromatic rings. The molecule has 0 saturated carbocycles. The van der Waals surface area contributed by atoms with Crippen molar-refractivity contribution in [3.05, 3.63) is 15.5 Å². The summed E-state index contributed by atoms with van der Waals surface area (Å²) in [6.45, 7) is 1.52. The molecule has 0 aliphatic rings. The highest BCUT2D eigenvalue weighted by molar-refractivity contribution is 7.71. The summed E-state index contributed by atoms with van der Waals surface area (Å²) in [5, 5.41) is 6.57. The predicted molar refractivity (Wildman–Crippen MR) is 59.2 cm³/mol. The highest BCUT2D eigenvalue weighted by atomic mass is 32.1. The molecule has 2 aromatic heterocycles. The fourth-order valence-corrected chi connectivity index (χ4v) is 2.42. The summed E-state index contributed by atoms with van der Waals surface area (Å²) in [7, 11) is 1.55. The highest BCUT2D eigenvalue weighted by Gasteiger charge is 2.38. The minimum Gasteiger partial charge on any atom is -0.303 e. The Labute approximate surface area is 103 Å². The Balaban J connectivity index is 2.68. The smallest absolute Gasteiger partial charge is 0.303 e. The van der Waals surface area contributed by atoms with Crippen molar-refractivity contribution < 1.29 is 13.2 Å². The number of halogens is 3. The molecule has 2 heterocycles. The zero-order valence-corrected chi connectivity index (χ0v) is 10.4. The Bertz CT molecular complexity index is 607. The number of nitrogens with zero attached hydrogens (tertiary/aromatic N) is 3. The van der Waals surface area contributed by atoms with Crippen LogP contribution < -0.4 is 0 Å². The van der Waals surface area contributed by atoms with Gasteiger partial charge in [-0.3, -0.25) is 5.10 Å². The zero-order chi connectivity index (χ0) is 12.8. The number of hydrogen-bond acceptors (Lipinski definition) is 4. The third kappa shape index (κ3) is 2.12. The summed E-state index contributed by atoms with van der Waals surface area (Å²) in [5.74, 6) is 0.146. The van der Waals surface area contributed by atoms with Crippen molar-refractivity contribution in [2.24, 2.45) is 7.05 Å². The second kappa shape index (κ2) is 3.91. The summed E-state index contributed by atoms with van der Waals surface area (Å²) in [6.07, 6.45) is -4.49. The van der Waals surface area contributed by atoms with E-state index in [9.17, 15) is 13.2 Å². The van der Waals surface area contributed by atoms with Gasteiger partial charge in [0.15, 0.2) is 16.3 Å². The van der Waals surface area contributed by atoms with Crippen molar-refractivity contribution in [2.75, 3.05) is 0 Å². The van der Waals surface area contributed by atoms with Crippen molar-refractivity contribution in [3.8, 4) is 10.7 Å². The lowest BCUT2D eigenvalue weighted by molar-refractivity contribution is -0.140. The molecular weight excluding hydrogens is 273 g/mol. The first-order chi connectivity index (χ1) is 7.80. The van der Waals surface area contributed by atoms with Crippen molar-refractivity contribution in [1.82, 2.24) is 19.7 Å². The van der Waals surface area contributed by atoms with Gasteiger partial charge in [0, 0.05) is 7.05 Å². The number of alkyl halides is 3. The van der Waals surface area contributed by atoms with E-state index in [0.29, 0.717) is 5.01 Å². The Morgan fingerprint density at radius 2 is 2.06 bits per heavy atom. The normalized spacial score (nSPS) is 12.1. The lowest BCUT2D eigenvalue weighted by Gasteiger charge is -2.05. The average Bonchev–Trinajstić information content (AvgIpc) is 2.72. The number of aromatic amines is 1. The van der Waals surface area contributed by atoms with Gasteiger partial charge in [0.1, 0.15) is 4.88 Å². The standard InChI is InChI=1S/C8H7F3N4S2/c1-3-12-5(8(9,10)11)4(17-3)6-13-14-7(16)15(6)2/h1-2H3,(H,14,16). The molecule has 4 nitrogen and oxygen atoms in total. The lowest BCUT2D eigenvalue weighted by atomic mass is 10.3. The molecule has 0 amide bonds. The quantitative estimate of drug-likeness (QED) is 0.817. The first-order valence-electron chi connectivity index (χ1n) is 4.47. The molecule has 0 spiro atoms. The van der Waals surface area contributed by atoms with E-state index in [-0.39, 0.29) is 15.5 Å². The molecule has 2 rings (SSSR count). The summed E-state index contributed by atoms with van der Waals surface area (Å²) >= 11 is 5.81. The number of hydrogen-bond donors (Lipinski definition) is 1. The minimum atomic E-state index is -4.49. The summed E-state index contributed by atoms with van der Waals surface area (Å²) in [5.41, 5.74) is -0.919. The molecule has 0 aliphatic heterocycles. The largest absolute Gasteiger partial charge is 0.434 e. The molecule has 17 heavy (non-hydrogen) atoms. The first kappa shape index (κ1) is 12.2. The van der Waals surface area contributed by atoms with Crippen molar-refractivity contribution >= 4 is 23.6 Å². The number of aromatic nitrogens is 4. The minimum absolute atomic E-state index is 0.0233. The van der Waals surface area contributed by atoms with Gasteiger partial charge in [-0.25, -0.2) is 4.98 Å². The first-order valence-corrected chi connectivity index (χ1v) is 5.69. The van der Waals surface area contributed by atoms with Gasteiger partial charge in [-0.1, -0.05) is 0 Å². The molecule has 0 bridgehead atoms. The zero-order valence-electron chi connectivity index (χ0n) is 8.79. The van der Waals surface area contributed by atoms with Crippen LogP contribution in [-0.2, 0) is 13.2 Å². The van der Waals surface area contributed by atoms with Crippen LogP contribution in [0.3, 0.4) is 0 Å². The van der Waals surface area contributed by atoms with Crippen LogP contribution in [0.15, 0.2) is 0 Å². The van der Waals surface area contributed by atoms with Gasteiger partial charge in [-0.05, 0) is 19.1 Å². The van der Waals surface area contributed by atoms with E-state index in [1.807, 2.05) is 0 Å². The second-order valence-corrected chi connectivity index (χ2v) is 4.91. The van der Waals surface area contributed by atoms with Crippen LogP contribution in [0.4, 0.5) is 13.2 Å². The van der Waals surface area contributed by atoms with Crippen LogP contribution >= 0.6 is 23.6 Å². The van der Waals surface area contributed by atoms with E-state index >= 15 is 0 Å². The van der Waals surface area contributed by atoms with E-state index < -0.39 is 11.9 Å². The molecule has 0 aliphatic carbocycles. The molecule has 0 unspecified atom stereocenters. The van der Waals surface area contributed by atoms with Crippen molar-refractivity contribution in [1.29, 1.82) is 0 Å². The molecule has 0 saturated heterocycles. The highest BCUT2D eigenvalue weighted by Crippen LogP contribution is 2.39. The van der Waals surface area contributed by atoms with Crippen LogP contribution in [-0.4, -0.2) is 19.7 Å². The maximum atomic E-state index is 12.8. The Kier molecular flexibility index (Phi) is 2.82. The second-order valence-electron chi connectivity index (χ2n) is 3.32. The Morgan fingerprint density at radius 3 is 2.53 bits per heavy atom. The monoisotopic (exact) mass is 280 g/mol. The fraction of sp³-hybridized carbons (Fsp3) is 0.375. The van der Waals surface area contributed by atoms with Crippen LogP contribution in [0.5, 0.6) is 0 Å².